The Labute approximate surface area is 148 Å². The molecule has 0 aliphatic heterocycles. The Morgan fingerprint density at radius 1 is 1.19 bits per heavy atom. The smallest absolute Gasteiger partial charge is 0.289 e. The second kappa shape index (κ2) is 8.65. The second-order valence-corrected chi connectivity index (χ2v) is 5.37. The van der Waals surface area contributed by atoms with Crippen LogP contribution in [0.4, 0.5) is 4.39 Å². The Kier molecular flexibility index (Phi) is 6.31. The molecule has 2 N–H and O–H groups in total. The Morgan fingerprint density at radius 3 is 2.58 bits per heavy atom. The van der Waals surface area contributed by atoms with Crippen LogP contribution in [0.5, 0.6) is 5.75 Å². The topological polar surface area (TPSA) is 101 Å². The van der Waals surface area contributed by atoms with Gasteiger partial charge in [0.2, 0.25) is 0 Å². The summed E-state index contributed by atoms with van der Waals surface area (Å²) in [6, 6.07) is 8.67. The number of carbonyl (C=O) groups is 3. The van der Waals surface area contributed by atoms with Crippen LogP contribution in [0.25, 0.3) is 0 Å². The first-order valence-electron chi connectivity index (χ1n) is 7.67. The molecule has 9 heteroatoms. The Hall–Kier alpha value is -3.36. The van der Waals surface area contributed by atoms with Crippen molar-refractivity contribution < 1.29 is 27.9 Å². The van der Waals surface area contributed by atoms with E-state index in [1.165, 1.54) is 44.5 Å². The summed E-state index contributed by atoms with van der Waals surface area (Å²) in [5.41, 5.74) is 4.31. The summed E-state index contributed by atoms with van der Waals surface area (Å²) in [5, 5.41) is 0. The lowest BCUT2D eigenvalue weighted by Crippen LogP contribution is -2.50. The molecule has 3 amide bonds. The zero-order chi connectivity index (χ0) is 19.1. The molecule has 2 aromatic rings. The van der Waals surface area contributed by atoms with Crippen molar-refractivity contribution in [3.8, 4) is 5.75 Å². The van der Waals surface area contributed by atoms with Crippen LogP contribution in [0.1, 0.15) is 17.5 Å². The summed E-state index contributed by atoms with van der Waals surface area (Å²) in [4.78, 5) is 36.8. The Morgan fingerprint density at radius 2 is 1.92 bits per heavy atom. The second-order valence-electron chi connectivity index (χ2n) is 5.37. The van der Waals surface area contributed by atoms with Crippen molar-refractivity contribution in [3.63, 3.8) is 0 Å². The van der Waals surface area contributed by atoms with Crippen LogP contribution in [0.3, 0.4) is 0 Å². The van der Waals surface area contributed by atoms with E-state index in [1.54, 1.807) is 12.1 Å². The van der Waals surface area contributed by atoms with Crippen LogP contribution in [0, 0.1) is 5.82 Å². The van der Waals surface area contributed by atoms with Crippen molar-refractivity contribution >= 4 is 17.7 Å². The predicted molar refractivity (Wildman–Crippen MR) is 88.4 cm³/mol. The number of hydrogen-bond donors (Lipinski definition) is 2. The number of carbonyl (C=O) groups excluding carboxylic acids is 3. The van der Waals surface area contributed by atoms with Crippen molar-refractivity contribution in [2.45, 2.75) is 13.0 Å². The molecule has 1 aromatic carbocycles. The number of nitrogens with one attached hydrogen (secondary N) is 2. The van der Waals surface area contributed by atoms with E-state index < -0.39 is 29.6 Å². The van der Waals surface area contributed by atoms with E-state index in [-0.39, 0.29) is 18.1 Å². The molecule has 0 bridgehead atoms. The number of likely N-dealkylation sites (N-methyl/N-ethyl adjacent to an activating group) is 1. The highest BCUT2D eigenvalue weighted by Crippen LogP contribution is 2.16. The lowest BCUT2D eigenvalue weighted by atomic mass is 10.3. The molecule has 26 heavy (non-hydrogen) atoms. The van der Waals surface area contributed by atoms with Crippen LogP contribution in [-0.4, -0.2) is 42.3 Å². The summed E-state index contributed by atoms with van der Waals surface area (Å²) in [6.07, 6.45) is 0.299. The number of ether oxygens (including phenoxy) is 1. The first-order chi connectivity index (χ1) is 12.4. The number of benzene rings is 1. The Bertz CT molecular complexity index is 778. The van der Waals surface area contributed by atoms with Crippen LogP contribution in [0.15, 0.2) is 47.1 Å². The summed E-state index contributed by atoms with van der Waals surface area (Å²) >= 11 is 0. The van der Waals surface area contributed by atoms with Gasteiger partial charge in [-0.2, -0.15) is 0 Å². The molecule has 1 atom stereocenters. The highest BCUT2D eigenvalue weighted by atomic mass is 19.1. The normalized spacial score (nSPS) is 11.3. The first kappa shape index (κ1) is 19.0. The van der Waals surface area contributed by atoms with Gasteiger partial charge in [0.25, 0.3) is 17.7 Å². The van der Waals surface area contributed by atoms with Gasteiger partial charge in [0, 0.05) is 7.05 Å². The van der Waals surface area contributed by atoms with E-state index in [0.717, 1.165) is 4.90 Å². The van der Waals surface area contributed by atoms with E-state index >= 15 is 0 Å². The zero-order valence-corrected chi connectivity index (χ0v) is 14.2. The maximum absolute atomic E-state index is 13.5. The summed E-state index contributed by atoms with van der Waals surface area (Å²) in [6.45, 7) is 1.10. The number of rotatable bonds is 6. The molecular formula is C17H18FN3O5. The average Bonchev–Trinajstić information content (AvgIpc) is 3.15. The number of halogens is 1. The standard InChI is InChI=1S/C17H18FN3O5/c1-11(26-13-7-4-3-6-12(13)18)16(23)20-19-15(22)10-21(2)17(24)14-8-5-9-25-14/h3-9,11H,10H2,1-2H3,(H,19,22)(H,20,23). The fourth-order valence-electron chi connectivity index (χ4n) is 1.93. The number of furan rings is 1. The van der Waals surface area contributed by atoms with Gasteiger partial charge >= 0.3 is 0 Å². The van der Waals surface area contributed by atoms with Crippen LogP contribution >= 0.6 is 0 Å². The third-order valence-corrected chi connectivity index (χ3v) is 3.29. The quantitative estimate of drug-likeness (QED) is 0.749. The number of hydrogen-bond acceptors (Lipinski definition) is 5. The van der Waals surface area contributed by atoms with Gasteiger partial charge in [-0.15, -0.1) is 0 Å². The van der Waals surface area contributed by atoms with Gasteiger partial charge in [-0.05, 0) is 31.2 Å². The molecule has 0 aliphatic rings. The highest BCUT2D eigenvalue weighted by Gasteiger charge is 2.19. The fraction of sp³-hybridized carbons (Fsp3) is 0.235. The van der Waals surface area contributed by atoms with Crippen molar-refractivity contribution in [1.29, 1.82) is 0 Å². The van der Waals surface area contributed by atoms with Crippen molar-refractivity contribution in [1.82, 2.24) is 15.8 Å². The number of hydrazine groups is 1. The largest absolute Gasteiger partial charge is 0.478 e. The van der Waals surface area contributed by atoms with E-state index in [2.05, 4.69) is 10.9 Å². The summed E-state index contributed by atoms with van der Waals surface area (Å²) < 4.78 is 23.6. The molecule has 0 fully saturated rings. The fourth-order valence-corrected chi connectivity index (χ4v) is 1.93. The van der Waals surface area contributed by atoms with E-state index in [0.29, 0.717) is 0 Å². The molecule has 1 aromatic heterocycles. The maximum atomic E-state index is 13.5. The molecule has 0 aliphatic carbocycles. The molecule has 0 saturated heterocycles. The molecule has 1 heterocycles. The monoisotopic (exact) mass is 363 g/mol. The average molecular weight is 363 g/mol. The molecule has 0 saturated carbocycles. The van der Waals surface area contributed by atoms with Gasteiger partial charge in [0.05, 0.1) is 6.26 Å². The van der Waals surface area contributed by atoms with Crippen LogP contribution < -0.4 is 15.6 Å². The summed E-state index contributed by atoms with van der Waals surface area (Å²) in [7, 11) is 1.41. The SMILES string of the molecule is CC(Oc1ccccc1F)C(=O)NNC(=O)CN(C)C(=O)c1ccco1. The van der Waals surface area contributed by atoms with Crippen molar-refractivity contribution in [2.24, 2.45) is 0 Å². The van der Waals surface area contributed by atoms with Gasteiger partial charge in [-0.25, -0.2) is 4.39 Å². The molecule has 1 unspecified atom stereocenters. The third kappa shape index (κ3) is 5.07. The number of para-hydroxylation sites is 1. The minimum absolute atomic E-state index is 0.0785. The van der Waals surface area contributed by atoms with Gasteiger partial charge in [0.15, 0.2) is 23.4 Å². The molecular weight excluding hydrogens is 345 g/mol. The number of amides is 3. The van der Waals surface area contributed by atoms with E-state index in [1.807, 2.05) is 0 Å². The lowest BCUT2D eigenvalue weighted by molar-refractivity contribution is -0.132. The molecule has 8 nitrogen and oxygen atoms in total. The first-order valence-corrected chi connectivity index (χ1v) is 7.67. The third-order valence-electron chi connectivity index (χ3n) is 3.29. The van der Waals surface area contributed by atoms with Crippen LogP contribution in [-0.2, 0) is 9.59 Å². The van der Waals surface area contributed by atoms with Crippen molar-refractivity contribution in [2.75, 3.05) is 13.6 Å². The van der Waals surface area contributed by atoms with Gasteiger partial charge in [0.1, 0.15) is 6.54 Å². The minimum atomic E-state index is -1.05. The van der Waals surface area contributed by atoms with E-state index in [9.17, 15) is 18.8 Å². The lowest BCUT2D eigenvalue weighted by Gasteiger charge is -2.17. The minimum Gasteiger partial charge on any atom is -0.478 e. The van der Waals surface area contributed by atoms with Crippen LogP contribution in [0.2, 0.25) is 0 Å². The molecule has 138 valence electrons. The van der Waals surface area contributed by atoms with Gasteiger partial charge in [-0.1, -0.05) is 12.1 Å². The van der Waals surface area contributed by atoms with E-state index in [4.69, 9.17) is 9.15 Å². The summed E-state index contributed by atoms with van der Waals surface area (Å²) in [5.74, 6) is -2.37. The maximum Gasteiger partial charge on any atom is 0.289 e. The molecule has 0 radical (unpaired) electrons. The molecule has 2 rings (SSSR count). The Balaban J connectivity index is 1.78. The highest BCUT2D eigenvalue weighted by molar-refractivity contribution is 5.94. The zero-order valence-electron chi connectivity index (χ0n) is 14.2. The van der Waals surface area contributed by atoms with Gasteiger partial charge < -0.3 is 14.1 Å². The molecule has 0 spiro atoms. The predicted octanol–water partition coefficient (Wildman–Crippen LogP) is 1.11. The number of nitrogens with zero attached hydrogens (tertiary/aromatic N) is 1. The van der Waals surface area contributed by atoms with Crippen molar-refractivity contribution in [3.05, 3.63) is 54.2 Å². The van der Waals surface area contributed by atoms with Gasteiger partial charge in [-0.3, -0.25) is 25.2 Å².